The summed E-state index contributed by atoms with van der Waals surface area (Å²) in [5, 5.41) is 12.4. The fourth-order valence-electron chi connectivity index (χ4n) is 6.74. The second kappa shape index (κ2) is 9.69. The van der Waals surface area contributed by atoms with Gasteiger partial charge in [-0.3, -0.25) is 4.79 Å². The predicted molar refractivity (Wildman–Crippen MR) is 142 cm³/mol. The molecule has 0 aromatic heterocycles. The van der Waals surface area contributed by atoms with Crippen LogP contribution in [0.4, 0.5) is 0 Å². The Hall–Kier alpha value is -2.03. The molecule has 0 unspecified atom stereocenters. The van der Waals surface area contributed by atoms with Crippen LogP contribution in [-0.2, 0) is 23.4 Å². The van der Waals surface area contributed by atoms with Gasteiger partial charge in [-0.2, -0.15) is 0 Å². The van der Waals surface area contributed by atoms with Crippen molar-refractivity contribution in [3.8, 4) is 0 Å². The van der Waals surface area contributed by atoms with Gasteiger partial charge in [-0.1, -0.05) is 95.3 Å². The molecule has 4 rings (SSSR count). The molecule has 2 aromatic rings. The number of hydrogen-bond acceptors (Lipinski definition) is 6. The molecule has 5 atom stereocenters. The smallest absolute Gasteiger partial charge is 0.318 e. The molecule has 2 saturated heterocycles. The van der Waals surface area contributed by atoms with Gasteiger partial charge < -0.3 is 23.7 Å². The van der Waals surface area contributed by atoms with E-state index in [1.165, 1.54) is 0 Å². The quantitative estimate of drug-likeness (QED) is 0.431. The highest BCUT2D eigenvalue weighted by Gasteiger charge is 2.75. The van der Waals surface area contributed by atoms with E-state index in [9.17, 15) is 9.90 Å². The third-order valence-electron chi connectivity index (χ3n) is 8.32. The van der Waals surface area contributed by atoms with Crippen molar-refractivity contribution >= 4 is 24.7 Å². The first-order valence-corrected chi connectivity index (χ1v) is 14.7. The third-order valence-corrected chi connectivity index (χ3v) is 13.3. The van der Waals surface area contributed by atoms with Gasteiger partial charge in [0.05, 0.1) is 19.3 Å². The number of methoxy groups -OCH3 is 1. The maximum absolute atomic E-state index is 13.5. The molecule has 7 heteroatoms. The topological polar surface area (TPSA) is 74.2 Å². The van der Waals surface area contributed by atoms with E-state index in [0.717, 1.165) is 10.4 Å². The van der Waals surface area contributed by atoms with Crippen LogP contribution in [0.2, 0.25) is 5.04 Å². The van der Waals surface area contributed by atoms with Gasteiger partial charge in [0.15, 0.2) is 5.79 Å². The largest absolute Gasteiger partial charge is 0.459 e. The molecular formula is C29H40O6Si. The Bertz CT molecular complexity index is 1010. The van der Waals surface area contributed by atoms with Crippen molar-refractivity contribution in [3.05, 3.63) is 60.7 Å². The zero-order valence-electron chi connectivity index (χ0n) is 22.5. The van der Waals surface area contributed by atoms with Crippen molar-refractivity contribution in [2.75, 3.05) is 20.3 Å². The Morgan fingerprint density at radius 2 is 1.53 bits per heavy atom. The van der Waals surface area contributed by atoms with Crippen molar-refractivity contribution in [2.24, 2.45) is 17.3 Å². The van der Waals surface area contributed by atoms with Crippen molar-refractivity contribution < 1.29 is 28.5 Å². The highest BCUT2D eigenvalue weighted by atomic mass is 28.4. The predicted octanol–water partition coefficient (Wildman–Crippen LogP) is 3.50. The molecule has 6 nitrogen and oxygen atoms in total. The minimum absolute atomic E-state index is 0.129. The van der Waals surface area contributed by atoms with Crippen LogP contribution in [0.25, 0.3) is 0 Å². The molecule has 0 saturated carbocycles. The molecule has 0 amide bonds. The van der Waals surface area contributed by atoms with E-state index >= 15 is 0 Å². The van der Waals surface area contributed by atoms with E-state index in [4.69, 9.17) is 18.6 Å². The number of aliphatic hydroxyl groups excluding tert-OH is 1. The van der Waals surface area contributed by atoms with E-state index in [1.807, 2.05) is 57.2 Å². The van der Waals surface area contributed by atoms with Crippen LogP contribution >= 0.6 is 0 Å². The van der Waals surface area contributed by atoms with Crippen LogP contribution in [0, 0.1) is 17.3 Å². The van der Waals surface area contributed by atoms with Crippen LogP contribution in [0.5, 0.6) is 0 Å². The van der Waals surface area contributed by atoms with Crippen molar-refractivity contribution in [1.82, 2.24) is 0 Å². The van der Waals surface area contributed by atoms with Gasteiger partial charge in [-0.25, -0.2) is 0 Å². The van der Waals surface area contributed by atoms with Gasteiger partial charge >= 0.3 is 5.97 Å². The molecule has 36 heavy (non-hydrogen) atoms. The van der Waals surface area contributed by atoms with Crippen LogP contribution in [0.3, 0.4) is 0 Å². The first kappa shape index (κ1) is 27.0. The minimum Gasteiger partial charge on any atom is -0.459 e. The number of hydrogen-bond donors (Lipinski definition) is 1. The average Bonchev–Trinajstić information content (AvgIpc) is 3.28. The number of fused-ring (bicyclic) bond motifs is 1. The van der Waals surface area contributed by atoms with Crippen LogP contribution in [-0.4, -0.2) is 57.7 Å². The fraction of sp³-hybridized carbons (Fsp3) is 0.552. The van der Waals surface area contributed by atoms with Crippen molar-refractivity contribution in [2.45, 2.75) is 64.6 Å². The summed E-state index contributed by atoms with van der Waals surface area (Å²) in [6.45, 7) is 12.4. The summed E-state index contributed by atoms with van der Waals surface area (Å²) in [6.07, 6.45) is -1.17. The second-order valence-corrected chi connectivity index (χ2v) is 15.8. The van der Waals surface area contributed by atoms with E-state index in [1.54, 1.807) is 7.11 Å². The standard InChI is InChI=1S/C29H40O6Si/c1-20(2)29(32-7)28(6)25(23(18-30)35-29)24(34-26(28)31)19-33-36(27(3,4)5,21-14-10-8-11-15-21)22-16-12-9-13-17-22/h8-17,20,23-25,30H,18-19H2,1-7H3/t23-,24+,25+,28+,29+/m0/s1. The van der Waals surface area contributed by atoms with E-state index in [2.05, 4.69) is 45.0 Å². The minimum atomic E-state index is -2.83. The summed E-state index contributed by atoms with van der Waals surface area (Å²) in [5.41, 5.74) is -1.07. The first-order valence-electron chi connectivity index (χ1n) is 12.8. The molecule has 0 spiro atoms. The summed E-state index contributed by atoms with van der Waals surface area (Å²) in [5.74, 6) is -2.09. The lowest BCUT2D eigenvalue weighted by molar-refractivity contribution is -0.278. The lowest BCUT2D eigenvalue weighted by Gasteiger charge is -2.43. The first-order chi connectivity index (χ1) is 17.0. The lowest BCUT2D eigenvalue weighted by Crippen LogP contribution is -2.67. The SMILES string of the molecule is CO[C@]1(C(C)C)O[C@@H](CO)[C@@H]2[C@@H](CO[Si](c3ccccc3)(c3ccccc3)C(C)(C)C)OC(=O)[C@@]21C. The van der Waals surface area contributed by atoms with Gasteiger partial charge in [-0.05, 0) is 22.3 Å². The average molecular weight is 513 g/mol. The van der Waals surface area contributed by atoms with Gasteiger partial charge in [0.1, 0.15) is 11.5 Å². The van der Waals surface area contributed by atoms with Gasteiger partial charge in [-0.15, -0.1) is 0 Å². The third kappa shape index (κ3) is 3.79. The molecule has 2 aliphatic heterocycles. The molecule has 0 radical (unpaired) electrons. The number of aliphatic hydroxyl groups is 1. The number of esters is 1. The zero-order valence-corrected chi connectivity index (χ0v) is 23.5. The molecule has 2 fully saturated rings. The van der Waals surface area contributed by atoms with Crippen molar-refractivity contribution in [1.29, 1.82) is 0 Å². The highest BCUT2D eigenvalue weighted by Crippen LogP contribution is 2.60. The molecule has 1 N–H and O–H groups in total. The number of rotatable bonds is 8. The number of benzene rings is 2. The van der Waals surface area contributed by atoms with Crippen LogP contribution in [0.15, 0.2) is 60.7 Å². The number of ether oxygens (including phenoxy) is 3. The summed E-state index contributed by atoms with van der Waals surface area (Å²) in [6, 6.07) is 20.8. The molecule has 196 valence electrons. The fourth-order valence-corrected chi connectivity index (χ4v) is 11.3. The van der Waals surface area contributed by atoms with Gasteiger partial charge in [0.25, 0.3) is 8.32 Å². The van der Waals surface area contributed by atoms with E-state index in [0.29, 0.717) is 0 Å². The maximum Gasteiger partial charge on any atom is 0.318 e. The Balaban J connectivity index is 1.77. The molecule has 2 aliphatic rings. The summed E-state index contributed by atoms with van der Waals surface area (Å²) < 4.78 is 25.4. The summed E-state index contributed by atoms with van der Waals surface area (Å²) in [4.78, 5) is 13.5. The van der Waals surface area contributed by atoms with Crippen molar-refractivity contribution in [3.63, 3.8) is 0 Å². The Kier molecular flexibility index (Phi) is 7.27. The zero-order chi connectivity index (χ0) is 26.4. The van der Waals surface area contributed by atoms with Gasteiger partial charge in [0.2, 0.25) is 0 Å². The molecule has 2 aromatic carbocycles. The molecule has 0 aliphatic carbocycles. The van der Waals surface area contributed by atoms with Gasteiger partial charge in [0, 0.05) is 18.9 Å². The second-order valence-electron chi connectivity index (χ2n) is 11.5. The summed E-state index contributed by atoms with van der Waals surface area (Å²) >= 11 is 0. The lowest BCUT2D eigenvalue weighted by atomic mass is 9.67. The maximum atomic E-state index is 13.5. The monoisotopic (exact) mass is 512 g/mol. The molecule has 0 bridgehead atoms. The Labute approximate surface area is 216 Å². The van der Waals surface area contributed by atoms with Crippen LogP contribution in [0.1, 0.15) is 41.5 Å². The van der Waals surface area contributed by atoms with E-state index in [-0.39, 0.29) is 30.1 Å². The number of cyclic esters (lactones) is 1. The number of carbonyl (C=O) groups excluding carboxylic acids is 1. The van der Waals surface area contributed by atoms with Crippen LogP contribution < -0.4 is 10.4 Å². The molecular weight excluding hydrogens is 472 g/mol. The normalized spacial score (nSPS) is 30.5. The Morgan fingerprint density at radius 3 is 1.94 bits per heavy atom. The highest BCUT2D eigenvalue weighted by molar-refractivity contribution is 6.99. The molecule has 2 heterocycles. The number of carbonyl (C=O) groups is 1. The summed E-state index contributed by atoms with van der Waals surface area (Å²) in [7, 11) is -1.27. The Morgan fingerprint density at radius 1 is 1.00 bits per heavy atom. The van der Waals surface area contributed by atoms with E-state index < -0.39 is 37.6 Å².